The minimum Gasteiger partial charge on any atom is -0.385 e. The van der Waals surface area contributed by atoms with E-state index < -0.39 is 11.9 Å². The molecule has 5 rings (SSSR count). The molecule has 1 aliphatic rings. The Morgan fingerprint density at radius 2 is 1.77 bits per heavy atom. The molecule has 198 valence electrons. The summed E-state index contributed by atoms with van der Waals surface area (Å²) >= 11 is 6.08. The average Bonchev–Trinajstić information content (AvgIpc) is 3.44. The molecule has 3 heterocycles. The Morgan fingerprint density at radius 1 is 1.00 bits per heavy atom. The maximum absolute atomic E-state index is 13.4. The second-order valence-electron chi connectivity index (χ2n) is 9.40. The van der Waals surface area contributed by atoms with Crippen LogP contribution in [-0.2, 0) is 11.0 Å². The molecule has 0 fully saturated rings. The van der Waals surface area contributed by atoms with E-state index in [0.717, 1.165) is 28.5 Å². The first-order chi connectivity index (χ1) is 18.7. The molecule has 9 heteroatoms. The summed E-state index contributed by atoms with van der Waals surface area (Å²) in [5, 5.41) is 4.89. The van der Waals surface area contributed by atoms with Crippen LogP contribution in [0.1, 0.15) is 64.7 Å². The predicted octanol–water partition coefficient (Wildman–Crippen LogP) is 8.06. The number of hydrogen-bond acceptors (Lipinski definition) is 5. The van der Waals surface area contributed by atoms with Crippen molar-refractivity contribution in [2.75, 3.05) is 0 Å². The summed E-state index contributed by atoms with van der Waals surface area (Å²) in [5.41, 5.74) is 3.93. The fourth-order valence-corrected chi connectivity index (χ4v) is 4.54. The van der Waals surface area contributed by atoms with E-state index in [1.54, 1.807) is 37.4 Å². The lowest BCUT2D eigenvalue weighted by Gasteiger charge is -2.14. The molecule has 2 atom stereocenters. The molecule has 0 saturated heterocycles. The van der Waals surface area contributed by atoms with Crippen LogP contribution in [0.3, 0.4) is 0 Å². The number of alkyl halides is 3. The zero-order chi connectivity index (χ0) is 27.6. The van der Waals surface area contributed by atoms with E-state index in [0.29, 0.717) is 28.3 Å². The van der Waals surface area contributed by atoms with Gasteiger partial charge in [0, 0.05) is 41.4 Å². The minimum atomic E-state index is -4.52. The lowest BCUT2D eigenvalue weighted by Crippen LogP contribution is -2.10. The number of carbonyl (C=O) groups is 1. The average molecular weight is 550 g/mol. The molecule has 0 spiro atoms. The topological polar surface area (TPSA) is 64.4 Å². The van der Waals surface area contributed by atoms with Crippen molar-refractivity contribution >= 4 is 23.1 Å². The lowest BCUT2D eigenvalue weighted by molar-refractivity contribution is -0.141. The maximum Gasteiger partial charge on any atom is 0.433 e. The highest BCUT2D eigenvalue weighted by Gasteiger charge is 2.32. The first kappa shape index (κ1) is 26.6. The number of aromatic nitrogens is 2. The van der Waals surface area contributed by atoms with Crippen LogP contribution < -0.4 is 0 Å². The van der Waals surface area contributed by atoms with Gasteiger partial charge in [0.05, 0.1) is 11.4 Å². The predicted molar refractivity (Wildman–Crippen MR) is 143 cm³/mol. The number of pyridine rings is 2. The van der Waals surface area contributed by atoms with E-state index in [2.05, 4.69) is 15.1 Å². The number of benzene rings is 2. The monoisotopic (exact) mass is 549 g/mol. The van der Waals surface area contributed by atoms with Gasteiger partial charge in [0.15, 0.2) is 11.9 Å². The molecule has 0 saturated carbocycles. The number of carbonyl (C=O) groups excluding carboxylic acids is 1. The highest BCUT2D eigenvalue weighted by atomic mass is 35.5. The van der Waals surface area contributed by atoms with Crippen LogP contribution >= 0.6 is 11.6 Å². The van der Waals surface area contributed by atoms with Gasteiger partial charge in [-0.3, -0.25) is 14.8 Å². The third-order valence-corrected chi connectivity index (χ3v) is 6.84. The number of halogens is 4. The molecule has 2 aromatic carbocycles. The third-order valence-electron chi connectivity index (χ3n) is 6.59. The molecule has 5 nitrogen and oxygen atoms in total. The van der Waals surface area contributed by atoms with Gasteiger partial charge in [0.2, 0.25) is 0 Å². The molecular weight excluding hydrogens is 527 g/mol. The largest absolute Gasteiger partial charge is 0.433 e. The summed E-state index contributed by atoms with van der Waals surface area (Å²) in [7, 11) is 0. The summed E-state index contributed by atoms with van der Waals surface area (Å²) < 4.78 is 38.7. The first-order valence-electron chi connectivity index (χ1n) is 12.3. The Bertz CT molecular complexity index is 1510. The van der Waals surface area contributed by atoms with Crippen LogP contribution in [0.5, 0.6) is 0 Å². The molecular formula is C30H23ClF3N3O2. The molecule has 0 N–H and O–H groups in total. The zero-order valence-electron chi connectivity index (χ0n) is 20.8. The van der Waals surface area contributed by atoms with Crippen molar-refractivity contribution in [3.8, 4) is 11.1 Å². The normalized spacial score (nSPS) is 15.9. The Morgan fingerprint density at radius 3 is 2.44 bits per heavy atom. The smallest absolute Gasteiger partial charge is 0.385 e. The molecule has 0 radical (unpaired) electrons. The second-order valence-corrected chi connectivity index (χ2v) is 9.84. The van der Waals surface area contributed by atoms with Crippen molar-refractivity contribution in [1.82, 2.24) is 9.97 Å². The van der Waals surface area contributed by atoms with Crippen molar-refractivity contribution in [2.24, 2.45) is 5.16 Å². The van der Waals surface area contributed by atoms with Crippen LogP contribution in [0.4, 0.5) is 13.2 Å². The van der Waals surface area contributed by atoms with Crippen LogP contribution in [0.15, 0.2) is 90.3 Å². The summed E-state index contributed by atoms with van der Waals surface area (Å²) in [6.07, 6.45) is -1.39. The van der Waals surface area contributed by atoms with Crippen LogP contribution in [-0.4, -0.2) is 21.5 Å². The van der Waals surface area contributed by atoms with Gasteiger partial charge in [0.25, 0.3) is 0 Å². The fraction of sp³-hybridized carbons (Fsp3) is 0.200. The highest BCUT2D eigenvalue weighted by Crippen LogP contribution is 2.33. The molecule has 0 bridgehead atoms. The Kier molecular flexibility index (Phi) is 7.48. The molecule has 39 heavy (non-hydrogen) atoms. The van der Waals surface area contributed by atoms with E-state index in [9.17, 15) is 18.0 Å². The standard InChI is InChI=1S/C30H23ClF3N3O2/c1-18(20-7-10-29(36-17-20)30(32,33)34)12-27(38)23-14-21(19-5-8-24(31)9-6-19)13-22(15-23)26-16-28(39-37-26)25-4-2-3-11-35-25/h2-11,13-15,17-18,28H,12,16H2,1H3/t18-,28?/m0/s1. The Balaban J connectivity index is 1.42. The Hall–Kier alpha value is -4.04. The summed E-state index contributed by atoms with van der Waals surface area (Å²) in [4.78, 5) is 27.0. The van der Waals surface area contributed by atoms with E-state index in [4.69, 9.17) is 16.4 Å². The summed E-state index contributed by atoms with van der Waals surface area (Å²) in [5.74, 6) is -0.490. The molecule has 2 aromatic heterocycles. The SMILES string of the molecule is C[C@@H](CC(=O)c1cc(C2=NOC(c3ccccn3)C2)cc(-c2ccc(Cl)cc2)c1)c1ccc(C(F)(F)F)nc1. The lowest BCUT2D eigenvalue weighted by atomic mass is 9.90. The Labute approximate surface area is 228 Å². The molecule has 1 unspecified atom stereocenters. The van der Waals surface area contributed by atoms with Crippen molar-refractivity contribution in [3.63, 3.8) is 0 Å². The van der Waals surface area contributed by atoms with Gasteiger partial charge >= 0.3 is 6.18 Å². The summed E-state index contributed by atoms with van der Waals surface area (Å²) in [6, 6.07) is 20.7. The fourth-order valence-electron chi connectivity index (χ4n) is 4.42. The number of hydrogen-bond donors (Lipinski definition) is 0. The third kappa shape index (κ3) is 6.17. The highest BCUT2D eigenvalue weighted by molar-refractivity contribution is 6.30. The zero-order valence-corrected chi connectivity index (χ0v) is 21.6. The number of Topliss-reactive ketones (excluding diaryl/α,β-unsaturated/α-hetero) is 1. The van der Waals surface area contributed by atoms with E-state index in [1.165, 1.54) is 12.3 Å². The van der Waals surface area contributed by atoms with Crippen LogP contribution in [0.2, 0.25) is 5.02 Å². The number of oxime groups is 1. The van der Waals surface area contributed by atoms with Gasteiger partial charge in [-0.05, 0) is 71.1 Å². The maximum atomic E-state index is 13.4. The summed E-state index contributed by atoms with van der Waals surface area (Å²) in [6.45, 7) is 1.79. The van der Waals surface area contributed by atoms with Crippen molar-refractivity contribution in [1.29, 1.82) is 0 Å². The van der Waals surface area contributed by atoms with Gasteiger partial charge < -0.3 is 4.84 Å². The van der Waals surface area contributed by atoms with Crippen molar-refractivity contribution in [2.45, 2.75) is 38.0 Å². The van der Waals surface area contributed by atoms with Crippen molar-refractivity contribution < 1.29 is 22.8 Å². The van der Waals surface area contributed by atoms with E-state index >= 15 is 0 Å². The van der Waals surface area contributed by atoms with E-state index in [-0.39, 0.29) is 24.2 Å². The van der Waals surface area contributed by atoms with Crippen LogP contribution in [0, 0.1) is 0 Å². The van der Waals surface area contributed by atoms with Gasteiger partial charge in [-0.25, -0.2) is 0 Å². The quantitative estimate of drug-likeness (QED) is 0.219. The molecule has 1 aliphatic heterocycles. The van der Waals surface area contributed by atoms with Gasteiger partial charge in [-0.1, -0.05) is 47.9 Å². The number of nitrogens with zero attached hydrogens (tertiary/aromatic N) is 3. The van der Waals surface area contributed by atoms with Gasteiger partial charge in [-0.2, -0.15) is 13.2 Å². The molecule has 0 amide bonds. The van der Waals surface area contributed by atoms with Crippen molar-refractivity contribution in [3.05, 3.63) is 118 Å². The van der Waals surface area contributed by atoms with Gasteiger partial charge in [0.1, 0.15) is 5.69 Å². The minimum absolute atomic E-state index is 0.0933. The first-order valence-corrected chi connectivity index (χ1v) is 12.7. The van der Waals surface area contributed by atoms with Gasteiger partial charge in [-0.15, -0.1) is 0 Å². The second kappa shape index (κ2) is 11.0. The molecule has 4 aromatic rings. The van der Waals surface area contributed by atoms with E-state index in [1.807, 2.05) is 36.4 Å². The number of ketones is 1. The molecule has 0 aliphatic carbocycles. The van der Waals surface area contributed by atoms with Crippen LogP contribution in [0.25, 0.3) is 11.1 Å². The number of rotatable bonds is 7.